The van der Waals surface area contributed by atoms with E-state index in [4.69, 9.17) is 0 Å². The lowest BCUT2D eigenvalue weighted by Crippen LogP contribution is -1.93. The molecule has 0 radical (unpaired) electrons. The molecule has 3 nitrogen and oxygen atoms in total. The normalized spacial score (nSPS) is 10.5. The van der Waals surface area contributed by atoms with E-state index >= 15 is 0 Å². The van der Waals surface area contributed by atoms with Crippen LogP contribution in [0.3, 0.4) is 0 Å². The van der Waals surface area contributed by atoms with E-state index in [0.29, 0.717) is 0 Å². The molecule has 0 atom stereocenters. The van der Waals surface area contributed by atoms with Gasteiger partial charge in [-0.3, -0.25) is 0 Å². The highest BCUT2D eigenvalue weighted by molar-refractivity contribution is 5.29. The second-order valence-electron chi connectivity index (χ2n) is 1.68. The molecule has 0 amide bonds. The molecule has 0 unspecified atom stereocenters. The van der Waals surface area contributed by atoms with Crippen molar-refractivity contribution < 1.29 is 4.98 Å². The van der Waals surface area contributed by atoms with Gasteiger partial charge in [0.05, 0.1) is 0 Å². The van der Waals surface area contributed by atoms with Crippen molar-refractivity contribution in [3.63, 3.8) is 0 Å². The number of hydrogen-bond acceptors (Lipinski definition) is 0. The summed E-state index contributed by atoms with van der Waals surface area (Å²) in [6, 6.07) is 3.97. The number of hydrogen-bond donors (Lipinski definition) is 1. The van der Waals surface area contributed by atoms with Crippen LogP contribution in [0.5, 0.6) is 0 Å². The molecule has 0 fully saturated rings. The van der Waals surface area contributed by atoms with Crippen LogP contribution in [-0.2, 0) is 0 Å². The first-order valence-corrected chi connectivity index (χ1v) is 2.49. The highest BCUT2D eigenvalue weighted by Crippen LogP contribution is 1.90. The third-order valence-corrected chi connectivity index (χ3v) is 1.17. The molecule has 0 aromatic carbocycles. The van der Waals surface area contributed by atoms with Crippen molar-refractivity contribution in [1.82, 2.24) is 9.61 Å². The summed E-state index contributed by atoms with van der Waals surface area (Å²) in [6.45, 7) is 0. The van der Waals surface area contributed by atoms with Gasteiger partial charge in [-0.1, -0.05) is 0 Å². The number of fused-ring (bicyclic) bond motifs is 1. The van der Waals surface area contributed by atoms with Crippen molar-refractivity contribution in [3.05, 3.63) is 24.7 Å². The zero-order chi connectivity index (χ0) is 5.40. The number of nitrogens with one attached hydrogen (secondary N) is 2. The maximum atomic E-state index is 3.01. The van der Waals surface area contributed by atoms with Gasteiger partial charge in [0.2, 0.25) is 6.33 Å². The van der Waals surface area contributed by atoms with Crippen LogP contribution in [0.1, 0.15) is 0 Å². The highest BCUT2D eigenvalue weighted by Gasteiger charge is 1.95. The first kappa shape index (κ1) is 3.72. The molecule has 0 bridgehead atoms. The molecule has 0 aliphatic rings. The summed E-state index contributed by atoms with van der Waals surface area (Å²) in [5.74, 6) is 0. The summed E-state index contributed by atoms with van der Waals surface area (Å²) >= 11 is 0. The molecule has 8 heavy (non-hydrogen) atoms. The molecule has 0 aliphatic heterocycles. The molecule has 0 saturated carbocycles. The molecule has 0 spiro atoms. The Hall–Kier alpha value is -1.25. The fourth-order valence-electron chi connectivity index (χ4n) is 0.787. The van der Waals surface area contributed by atoms with Crippen molar-refractivity contribution in [2.24, 2.45) is 0 Å². The van der Waals surface area contributed by atoms with E-state index in [2.05, 4.69) is 10.1 Å². The largest absolute Gasteiger partial charge is 0.259 e. The number of aromatic amines is 2. The second-order valence-corrected chi connectivity index (χ2v) is 1.68. The van der Waals surface area contributed by atoms with E-state index in [1.165, 1.54) is 0 Å². The summed E-state index contributed by atoms with van der Waals surface area (Å²) in [4.78, 5) is 3.01. The monoisotopic (exact) mass is 108 g/mol. The van der Waals surface area contributed by atoms with E-state index in [-0.39, 0.29) is 0 Å². The molecular weight excluding hydrogens is 102 g/mol. The van der Waals surface area contributed by atoms with Crippen LogP contribution < -0.4 is 4.98 Å². The number of nitrogens with zero attached hydrogens (tertiary/aromatic N) is 1. The lowest BCUT2D eigenvalue weighted by Gasteiger charge is -1.63. The number of H-pyrrole nitrogens is 2. The molecule has 2 aromatic rings. The van der Waals surface area contributed by atoms with Crippen LogP contribution in [0.2, 0.25) is 0 Å². The van der Waals surface area contributed by atoms with Crippen LogP contribution in [0, 0.1) is 0 Å². The Balaban J connectivity index is 3.06. The smallest absolute Gasteiger partial charge is 0.248 e. The van der Waals surface area contributed by atoms with Gasteiger partial charge in [-0.15, -0.1) is 4.52 Å². The maximum Gasteiger partial charge on any atom is 0.259 e. The SMILES string of the molecule is c1cc2[nH+]c[nH]n2c1. The molecule has 3 heteroatoms. The minimum Gasteiger partial charge on any atom is -0.248 e. The quantitative estimate of drug-likeness (QED) is 0.496. The van der Waals surface area contributed by atoms with Crippen LogP contribution in [0.25, 0.3) is 5.65 Å². The highest BCUT2D eigenvalue weighted by atomic mass is 15.3. The Morgan fingerprint density at radius 2 is 2.62 bits per heavy atom. The second kappa shape index (κ2) is 1.12. The van der Waals surface area contributed by atoms with E-state index in [1.807, 2.05) is 22.8 Å². The van der Waals surface area contributed by atoms with Gasteiger partial charge in [0.1, 0.15) is 6.20 Å². The summed E-state index contributed by atoms with van der Waals surface area (Å²) in [7, 11) is 0. The Labute approximate surface area is 45.9 Å². The lowest BCUT2D eigenvalue weighted by molar-refractivity contribution is -0.346. The van der Waals surface area contributed by atoms with Crippen LogP contribution >= 0.6 is 0 Å². The van der Waals surface area contributed by atoms with Crippen molar-refractivity contribution in [2.45, 2.75) is 0 Å². The summed E-state index contributed by atoms with van der Waals surface area (Å²) in [5.41, 5.74) is 1.09. The summed E-state index contributed by atoms with van der Waals surface area (Å²) < 4.78 is 1.90. The van der Waals surface area contributed by atoms with Gasteiger partial charge in [-0.05, 0) is 6.07 Å². The standard InChI is InChI=1S/C5H5N3/c1-2-5-6-4-7-8(5)3-1/h1-4H,(H,6,7)/p+1. The summed E-state index contributed by atoms with van der Waals surface area (Å²) in [6.07, 6.45) is 3.74. The van der Waals surface area contributed by atoms with E-state index in [9.17, 15) is 0 Å². The van der Waals surface area contributed by atoms with Gasteiger partial charge in [-0.2, -0.15) is 5.10 Å². The predicted molar refractivity (Wildman–Crippen MR) is 28.3 cm³/mol. The van der Waals surface area contributed by atoms with E-state index in [0.717, 1.165) is 5.65 Å². The minimum absolute atomic E-state index is 1.09. The number of rotatable bonds is 0. The Bertz CT molecular complexity index is 229. The zero-order valence-corrected chi connectivity index (χ0v) is 4.26. The first-order chi connectivity index (χ1) is 3.97. The Morgan fingerprint density at radius 1 is 1.62 bits per heavy atom. The Morgan fingerprint density at radius 3 is 3.50 bits per heavy atom. The zero-order valence-electron chi connectivity index (χ0n) is 4.26. The van der Waals surface area contributed by atoms with Crippen LogP contribution in [0.15, 0.2) is 24.7 Å². The average Bonchev–Trinajstić information content (AvgIpc) is 2.15. The molecular formula is C5H6N3+. The maximum absolute atomic E-state index is 3.01. The summed E-state index contributed by atoms with van der Waals surface area (Å²) in [5, 5.41) is 2.96. The third kappa shape index (κ3) is 0.307. The van der Waals surface area contributed by atoms with Gasteiger partial charge >= 0.3 is 0 Å². The first-order valence-electron chi connectivity index (χ1n) is 2.49. The van der Waals surface area contributed by atoms with Crippen LogP contribution in [-0.4, -0.2) is 9.61 Å². The van der Waals surface area contributed by atoms with E-state index in [1.54, 1.807) is 6.33 Å². The van der Waals surface area contributed by atoms with Crippen molar-refractivity contribution in [1.29, 1.82) is 0 Å². The van der Waals surface area contributed by atoms with Gasteiger partial charge in [-0.25, -0.2) is 4.98 Å². The molecule has 2 aromatic heterocycles. The fraction of sp³-hybridized carbons (Fsp3) is 0. The predicted octanol–water partition coefficient (Wildman–Crippen LogP) is 0.0815. The molecule has 40 valence electrons. The van der Waals surface area contributed by atoms with Gasteiger partial charge in [0.25, 0.3) is 5.65 Å². The molecule has 2 rings (SSSR count). The molecule has 0 saturated heterocycles. The number of aromatic nitrogens is 3. The topological polar surface area (TPSA) is 34.3 Å². The van der Waals surface area contributed by atoms with Gasteiger partial charge in [0, 0.05) is 6.07 Å². The fourth-order valence-corrected chi connectivity index (χ4v) is 0.787. The lowest BCUT2D eigenvalue weighted by atomic mass is 10.6. The van der Waals surface area contributed by atoms with Crippen molar-refractivity contribution in [3.8, 4) is 0 Å². The van der Waals surface area contributed by atoms with Gasteiger partial charge in [0.15, 0.2) is 0 Å². The van der Waals surface area contributed by atoms with Gasteiger partial charge < -0.3 is 0 Å². The Kier molecular flexibility index (Phi) is 0.521. The average molecular weight is 108 g/mol. The van der Waals surface area contributed by atoms with E-state index < -0.39 is 0 Å². The van der Waals surface area contributed by atoms with Crippen molar-refractivity contribution >= 4 is 5.65 Å². The minimum atomic E-state index is 1.09. The van der Waals surface area contributed by atoms with Crippen LogP contribution in [0.4, 0.5) is 0 Å². The molecule has 2 N–H and O–H groups in total. The third-order valence-electron chi connectivity index (χ3n) is 1.17. The van der Waals surface area contributed by atoms with Crippen molar-refractivity contribution in [2.75, 3.05) is 0 Å². The molecule has 2 heterocycles. The molecule has 0 aliphatic carbocycles.